The summed E-state index contributed by atoms with van der Waals surface area (Å²) in [5.41, 5.74) is 6.88. The molecule has 2 aromatic rings. The van der Waals surface area contributed by atoms with Crippen molar-refractivity contribution in [2.45, 2.75) is 6.92 Å². The number of rotatable bonds is 3. The van der Waals surface area contributed by atoms with Crippen LogP contribution in [0.25, 0.3) is 0 Å². The van der Waals surface area contributed by atoms with Crippen LogP contribution in [-0.4, -0.2) is 25.8 Å². The number of nitrogens with zero attached hydrogens (tertiary/aromatic N) is 4. The average molecular weight is 247 g/mol. The molecule has 3 N–H and O–H groups in total. The zero-order chi connectivity index (χ0) is 13.1. The van der Waals surface area contributed by atoms with Crippen molar-refractivity contribution in [3.63, 3.8) is 0 Å². The van der Waals surface area contributed by atoms with E-state index in [2.05, 4.69) is 15.2 Å². The van der Waals surface area contributed by atoms with Crippen molar-refractivity contribution in [1.82, 2.24) is 14.8 Å². The molecule has 0 fully saturated rings. The summed E-state index contributed by atoms with van der Waals surface area (Å²) in [6, 6.07) is 1.75. The number of nitrogens with two attached hydrogens (primary N) is 1. The van der Waals surface area contributed by atoms with E-state index in [1.807, 2.05) is 6.92 Å². The van der Waals surface area contributed by atoms with Gasteiger partial charge in [-0.05, 0) is 18.6 Å². The van der Waals surface area contributed by atoms with Gasteiger partial charge in [0.25, 0.3) is 0 Å². The van der Waals surface area contributed by atoms with Gasteiger partial charge in [-0.3, -0.25) is 4.68 Å². The fourth-order valence-electron chi connectivity index (χ4n) is 1.54. The van der Waals surface area contributed by atoms with Crippen molar-refractivity contribution in [2.24, 2.45) is 17.9 Å². The summed E-state index contributed by atoms with van der Waals surface area (Å²) in [4.78, 5) is 4.08. The molecule has 0 aliphatic heterocycles. The molecule has 0 amide bonds. The first-order valence-electron chi connectivity index (χ1n) is 5.22. The maximum absolute atomic E-state index is 8.77. The van der Waals surface area contributed by atoms with Gasteiger partial charge in [0.2, 0.25) is 5.88 Å². The molecule has 94 valence electrons. The van der Waals surface area contributed by atoms with Crippen LogP contribution in [0.5, 0.6) is 11.6 Å². The lowest BCUT2D eigenvalue weighted by Gasteiger charge is -2.09. The Morgan fingerprint density at radius 2 is 2.33 bits per heavy atom. The van der Waals surface area contributed by atoms with Gasteiger partial charge in [-0.2, -0.15) is 5.10 Å². The Morgan fingerprint density at radius 1 is 1.56 bits per heavy atom. The maximum atomic E-state index is 8.77. The van der Waals surface area contributed by atoms with E-state index in [1.165, 1.54) is 0 Å². The molecule has 0 radical (unpaired) electrons. The molecule has 2 heterocycles. The summed E-state index contributed by atoms with van der Waals surface area (Å²) >= 11 is 0. The highest BCUT2D eigenvalue weighted by molar-refractivity contribution is 6.00. The molecule has 0 saturated carbocycles. The van der Waals surface area contributed by atoms with Crippen LogP contribution in [0.15, 0.2) is 29.8 Å². The van der Waals surface area contributed by atoms with Crippen molar-refractivity contribution in [3.05, 3.63) is 35.8 Å². The Hall–Kier alpha value is -2.57. The lowest BCUT2D eigenvalue weighted by Crippen LogP contribution is -2.16. The molecule has 0 unspecified atom stereocenters. The summed E-state index contributed by atoms with van der Waals surface area (Å²) in [6.07, 6.45) is 4.84. The lowest BCUT2D eigenvalue weighted by atomic mass is 10.1. The van der Waals surface area contributed by atoms with Gasteiger partial charge in [0.15, 0.2) is 11.6 Å². The van der Waals surface area contributed by atoms with E-state index in [1.54, 1.807) is 36.4 Å². The Labute approximate surface area is 104 Å². The molecule has 0 spiro atoms. The molecule has 0 saturated heterocycles. The van der Waals surface area contributed by atoms with Crippen molar-refractivity contribution < 1.29 is 9.94 Å². The van der Waals surface area contributed by atoms with Crippen molar-refractivity contribution >= 4 is 5.84 Å². The SMILES string of the molecule is Cc1ccnc(Oc2cnn(C)c2)c1/C(N)=N/O. The molecule has 0 aliphatic rings. The van der Waals surface area contributed by atoms with Crippen molar-refractivity contribution in [1.29, 1.82) is 0 Å². The molecule has 0 aromatic carbocycles. The molecular weight excluding hydrogens is 234 g/mol. The zero-order valence-corrected chi connectivity index (χ0v) is 10.0. The minimum absolute atomic E-state index is 0.0421. The van der Waals surface area contributed by atoms with E-state index in [0.29, 0.717) is 11.3 Å². The van der Waals surface area contributed by atoms with Gasteiger partial charge >= 0.3 is 0 Å². The lowest BCUT2D eigenvalue weighted by molar-refractivity contribution is 0.318. The molecule has 0 atom stereocenters. The van der Waals surface area contributed by atoms with Crippen LogP contribution in [0.1, 0.15) is 11.1 Å². The largest absolute Gasteiger partial charge is 0.435 e. The third-order valence-electron chi connectivity index (χ3n) is 2.38. The van der Waals surface area contributed by atoms with E-state index in [9.17, 15) is 0 Å². The van der Waals surface area contributed by atoms with Crippen LogP contribution in [-0.2, 0) is 7.05 Å². The van der Waals surface area contributed by atoms with Gasteiger partial charge in [0.05, 0.1) is 18.0 Å². The Morgan fingerprint density at radius 3 is 2.94 bits per heavy atom. The first kappa shape index (κ1) is 11.9. The van der Waals surface area contributed by atoms with Crippen molar-refractivity contribution in [3.8, 4) is 11.6 Å². The Balaban J connectivity index is 2.41. The smallest absolute Gasteiger partial charge is 0.230 e. The highest BCUT2D eigenvalue weighted by Crippen LogP contribution is 2.24. The second-order valence-corrected chi connectivity index (χ2v) is 3.75. The third kappa shape index (κ3) is 2.24. The molecule has 0 bridgehead atoms. The van der Waals surface area contributed by atoms with Crippen LogP contribution < -0.4 is 10.5 Å². The highest BCUT2D eigenvalue weighted by atomic mass is 16.5. The van der Waals surface area contributed by atoms with E-state index in [4.69, 9.17) is 15.7 Å². The highest BCUT2D eigenvalue weighted by Gasteiger charge is 2.14. The number of ether oxygens (including phenoxy) is 1. The summed E-state index contributed by atoms with van der Waals surface area (Å²) in [7, 11) is 1.78. The molecule has 0 aliphatic carbocycles. The number of hydrogen-bond acceptors (Lipinski definition) is 5. The van der Waals surface area contributed by atoms with Crippen LogP contribution in [0, 0.1) is 6.92 Å². The monoisotopic (exact) mass is 247 g/mol. The predicted octanol–water partition coefficient (Wildman–Crippen LogP) is 1.01. The Kier molecular flexibility index (Phi) is 3.13. The fraction of sp³-hybridized carbons (Fsp3) is 0.182. The number of pyridine rings is 1. The molecular formula is C11H13N5O2. The number of aromatic nitrogens is 3. The minimum atomic E-state index is -0.0421. The van der Waals surface area contributed by atoms with Gasteiger partial charge in [-0.15, -0.1) is 0 Å². The van der Waals surface area contributed by atoms with Crippen LogP contribution >= 0.6 is 0 Å². The number of amidine groups is 1. The van der Waals surface area contributed by atoms with E-state index in [-0.39, 0.29) is 11.7 Å². The van der Waals surface area contributed by atoms with Gasteiger partial charge in [0, 0.05) is 13.2 Å². The topological polar surface area (TPSA) is 98.6 Å². The third-order valence-corrected chi connectivity index (χ3v) is 2.38. The van der Waals surface area contributed by atoms with Gasteiger partial charge in [-0.1, -0.05) is 5.16 Å². The molecule has 18 heavy (non-hydrogen) atoms. The van der Waals surface area contributed by atoms with Crippen molar-refractivity contribution in [2.75, 3.05) is 0 Å². The summed E-state index contributed by atoms with van der Waals surface area (Å²) in [6.45, 7) is 1.82. The standard InChI is InChI=1S/C11H13N5O2/c1-7-3-4-13-11(9(7)10(12)15-17)18-8-5-14-16(2)6-8/h3-6,17H,1-2H3,(H2,12,15). The molecule has 2 aromatic heterocycles. The van der Waals surface area contributed by atoms with E-state index >= 15 is 0 Å². The number of hydrogen-bond donors (Lipinski definition) is 2. The quantitative estimate of drug-likeness (QED) is 0.365. The molecule has 7 nitrogen and oxygen atoms in total. The number of aryl methyl sites for hydroxylation is 2. The first-order chi connectivity index (χ1) is 8.61. The van der Waals surface area contributed by atoms with E-state index in [0.717, 1.165) is 5.56 Å². The summed E-state index contributed by atoms with van der Waals surface area (Å²) < 4.78 is 7.17. The summed E-state index contributed by atoms with van der Waals surface area (Å²) in [5.74, 6) is 0.764. The first-order valence-corrected chi connectivity index (χ1v) is 5.22. The van der Waals surface area contributed by atoms with Crippen LogP contribution in [0.4, 0.5) is 0 Å². The average Bonchev–Trinajstić information content (AvgIpc) is 2.74. The maximum Gasteiger partial charge on any atom is 0.230 e. The Bertz CT molecular complexity index is 591. The van der Waals surface area contributed by atoms with Gasteiger partial charge < -0.3 is 15.7 Å². The number of oxime groups is 1. The van der Waals surface area contributed by atoms with Crippen LogP contribution in [0.2, 0.25) is 0 Å². The molecule has 2 rings (SSSR count). The molecule has 7 heteroatoms. The minimum Gasteiger partial charge on any atom is -0.435 e. The second kappa shape index (κ2) is 4.74. The zero-order valence-electron chi connectivity index (χ0n) is 10.0. The summed E-state index contributed by atoms with van der Waals surface area (Å²) in [5, 5.41) is 15.7. The fourth-order valence-corrected chi connectivity index (χ4v) is 1.54. The predicted molar refractivity (Wildman–Crippen MR) is 64.8 cm³/mol. The second-order valence-electron chi connectivity index (χ2n) is 3.75. The van der Waals surface area contributed by atoms with Crippen LogP contribution in [0.3, 0.4) is 0 Å². The van der Waals surface area contributed by atoms with E-state index < -0.39 is 0 Å². The van der Waals surface area contributed by atoms with Gasteiger partial charge in [-0.25, -0.2) is 4.98 Å². The van der Waals surface area contributed by atoms with Gasteiger partial charge in [0.1, 0.15) is 0 Å². The normalized spacial score (nSPS) is 11.6.